The molecule has 0 aromatic rings. The van der Waals surface area contributed by atoms with Gasteiger partial charge in [0.1, 0.15) is 6.67 Å². The van der Waals surface area contributed by atoms with E-state index in [4.69, 9.17) is 0 Å². The SMILES string of the molecule is CC[N@+]1(C)CC(C)N(CC(C)C)C1. The molecule has 78 valence electrons. The lowest BCUT2D eigenvalue weighted by molar-refractivity contribution is -0.900. The zero-order chi connectivity index (χ0) is 10.1. The first kappa shape index (κ1) is 11.0. The minimum absolute atomic E-state index is 0.771. The molecule has 13 heavy (non-hydrogen) atoms. The lowest BCUT2D eigenvalue weighted by Gasteiger charge is -2.28. The van der Waals surface area contributed by atoms with Crippen molar-refractivity contribution in [1.29, 1.82) is 0 Å². The minimum atomic E-state index is 0.771. The minimum Gasteiger partial charge on any atom is -0.312 e. The summed E-state index contributed by atoms with van der Waals surface area (Å²) in [6.45, 7) is 14.4. The number of nitrogens with zero attached hydrogens (tertiary/aromatic N) is 2. The summed E-state index contributed by atoms with van der Waals surface area (Å²) in [6, 6.07) is 0.771. The van der Waals surface area contributed by atoms with Gasteiger partial charge < -0.3 is 4.48 Å². The van der Waals surface area contributed by atoms with E-state index in [0.29, 0.717) is 0 Å². The van der Waals surface area contributed by atoms with E-state index in [1.54, 1.807) is 0 Å². The third-order valence-electron chi connectivity index (χ3n) is 3.21. The summed E-state index contributed by atoms with van der Waals surface area (Å²) in [5, 5.41) is 0. The summed E-state index contributed by atoms with van der Waals surface area (Å²) in [5.41, 5.74) is 0. The number of hydrogen-bond acceptors (Lipinski definition) is 1. The fourth-order valence-corrected chi connectivity index (χ4v) is 2.32. The summed E-state index contributed by atoms with van der Waals surface area (Å²) in [5.74, 6) is 0.797. The molecule has 0 saturated carbocycles. The maximum atomic E-state index is 2.63. The van der Waals surface area contributed by atoms with E-state index in [1.165, 1.54) is 30.8 Å². The van der Waals surface area contributed by atoms with Crippen LogP contribution in [0.1, 0.15) is 27.7 Å². The molecule has 2 nitrogen and oxygen atoms in total. The molecule has 2 atom stereocenters. The molecule has 0 spiro atoms. The van der Waals surface area contributed by atoms with E-state index in [-0.39, 0.29) is 0 Å². The van der Waals surface area contributed by atoms with Crippen molar-refractivity contribution in [2.45, 2.75) is 33.7 Å². The summed E-state index contributed by atoms with van der Waals surface area (Å²) in [4.78, 5) is 2.63. The van der Waals surface area contributed by atoms with Crippen LogP contribution in [0.5, 0.6) is 0 Å². The van der Waals surface area contributed by atoms with Crippen molar-refractivity contribution in [3.05, 3.63) is 0 Å². The van der Waals surface area contributed by atoms with Crippen LogP contribution in [0.4, 0.5) is 0 Å². The molecule has 0 bridgehead atoms. The average Bonchev–Trinajstić information content (AvgIpc) is 2.27. The second-order valence-electron chi connectivity index (χ2n) is 5.27. The van der Waals surface area contributed by atoms with Gasteiger partial charge in [0, 0.05) is 6.54 Å². The molecular formula is C11H25N2+. The van der Waals surface area contributed by atoms with Gasteiger partial charge in [-0.2, -0.15) is 0 Å². The summed E-state index contributed by atoms with van der Waals surface area (Å²) in [7, 11) is 2.37. The van der Waals surface area contributed by atoms with E-state index in [1.807, 2.05) is 0 Å². The fourth-order valence-electron chi connectivity index (χ4n) is 2.32. The Kier molecular flexibility index (Phi) is 3.36. The predicted octanol–water partition coefficient (Wildman–Crippen LogP) is 1.77. The lowest BCUT2D eigenvalue weighted by Crippen LogP contribution is -2.43. The van der Waals surface area contributed by atoms with Gasteiger partial charge in [0.2, 0.25) is 0 Å². The second-order valence-corrected chi connectivity index (χ2v) is 5.27. The highest BCUT2D eigenvalue weighted by atomic mass is 15.5. The first-order valence-corrected chi connectivity index (χ1v) is 5.54. The van der Waals surface area contributed by atoms with Crippen LogP contribution >= 0.6 is 0 Å². The lowest BCUT2D eigenvalue weighted by atomic mass is 10.2. The number of rotatable bonds is 3. The highest BCUT2D eigenvalue weighted by Gasteiger charge is 2.36. The Morgan fingerprint density at radius 2 is 2.08 bits per heavy atom. The Morgan fingerprint density at radius 3 is 2.46 bits per heavy atom. The van der Waals surface area contributed by atoms with Crippen molar-refractivity contribution in [3.63, 3.8) is 0 Å². The van der Waals surface area contributed by atoms with Crippen molar-refractivity contribution in [3.8, 4) is 0 Å². The zero-order valence-electron chi connectivity index (χ0n) is 9.88. The maximum Gasteiger partial charge on any atom is 0.135 e. The summed E-state index contributed by atoms with van der Waals surface area (Å²) >= 11 is 0. The maximum absolute atomic E-state index is 2.63. The Labute approximate surface area is 83.1 Å². The number of likely N-dealkylation sites (N-methyl/N-ethyl adjacent to an activating group) is 1. The van der Waals surface area contributed by atoms with Gasteiger partial charge in [-0.3, -0.25) is 0 Å². The van der Waals surface area contributed by atoms with Crippen molar-refractivity contribution in [2.24, 2.45) is 5.92 Å². The molecular weight excluding hydrogens is 160 g/mol. The second kappa shape index (κ2) is 3.97. The van der Waals surface area contributed by atoms with E-state index in [9.17, 15) is 0 Å². The van der Waals surface area contributed by atoms with E-state index in [2.05, 4.69) is 39.6 Å². The van der Waals surface area contributed by atoms with E-state index < -0.39 is 0 Å². The Bertz CT molecular complexity index is 167. The van der Waals surface area contributed by atoms with E-state index in [0.717, 1.165) is 12.0 Å². The molecule has 0 amide bonds. The van der Waals surface area contributed by atoms with Gasteiger partial charge in [-0.1, -0.05) is 13.8 Å². The van der Waals surface area contributed by atoms with Crippen LogP contribution in [-0.2, 0) is 0 Å². The molecule has 0 aliphatic carbocycles. The van der Waals surface area contributed by atoms with Crippen LogP contribution < -0.4 is 0 Å². The Balaban J connectivity index is 2.51. The molecule has 1 saturated heterocycles. The molecule has 1 fully saturated rings. The fraction of sp³-hybridized carbons (Fsp3) is 1.00. The number of hydrogen-bond donors (Lipinski definition) is 0. The van der Waals surface area contributed by atoms with Gasteiger partial charge in [-0.05, 0) is 19.8 Å². The Morgan fingerprint density at radius 1 is 1.46 bits per heavy atom. The van der Waals surface area contributed by atoms with Crippen LogP contribution in [0, 0.1) is 5.92 Å². The van der Waals surface area contributed by atoms with Gasteiger partial charge in [-0.15, -0.1) is 0 Å². The van der Waals surface area contributed by atoms with Gasteiger partial charge in [0.05, 0.1) is 26.2 Å². The van der Waals surface area contributed by atoms with Crippen LogP contribution in [0.15, 0.2) is 0 Å². The van der Waals surface area contributed by atoms with Gasteiger partial charge in [0.15, 0.2) is 0 Å². The van der Waals surface area contributed by atoms with Crippen molar-refractivity contribution >= 4 is 0 Å². The quantitative estimate of drug-likeness (QED) is 0.606. The highest BCUT2D eigenvalue weighted by molar-refractivity contribution is 4.71. The predicted molar refractivity (Wildman–Crippen MR) is 57.5 cm³/mol. The zero-order valence-corrected chi connectivity index (χ0v) is 9.88. The Hall–Kier alpha value is -0.0800. The summed E-state index contributed by atoms with van der Waals surface area (Å²) in [6.07, 6.45) is 0. The van der Waals surface area contributed by atoms with Gasteiger partial charge in [-0.25, -0.2) is 4.90 Å². The standard InChI is InChI=1S/C11H25N2/c1-6-13(5)8-11(4)12(9-13)7-10(2)3/h10-11H,6-9H2,1-5H3/q+1/t11?,13-/m1/s1. The molecule has 1 unspecified atom stereocenters. The molecule has 1 heterocycles. The molecule has 0 aromatic carbocycles. The molecule has 0 N–H and O–H groups in total. The summed E-state index contributed by atoms with van der Waals surface area (Å²) < 4.78 is 1.23. The average molecular weight is 185 g/mol. The largest absolute Gasteiger partial charge is 0.312 e. The third-order valence-corrected chi connectivity index (χ3v) is 3.21. The topological polar surface area (TPSA) is 3.24 Å². The molecule has 0 aromatic heterocycles. The molecule has 1 aliphatic rings. The van der Waals surface area contributed by atoms with Crippen molar-refractivity contribution < 1.29 is 4.48 Å². The van der Waals surface area contributed by atoms with Crippen LogP contribution in [-0.4, -0.2) is 48.8 Å². The van der Waals surface area contributed by atoms with Crippen molar-refractivity contribution in [1.82, 2.24) is 4.90 Å². The van der Waals surface area contributed by atoms with Gasteiger partial charge >= 0.3 is 0 Å². The number of quaternary nitrogens is 1. The molecule has 1 aliphatic heterocycles. The van der Waals surface area contributed by atoms with Crippen LogP contribution in [0.25, 0.3) is 0 Å². The first-order valence-electron chi connectivity index (χ1n) is 5.54. The highest BCUT2D eigenvalue weighted by Crippen LogP contribution is 2.20. The molecule has 0 radical (unpaired) electrons. The normalized spacial score (nSPS) is 36.0. The smallest absolute Gasteiger partial charge is 0.135 e. The van der Waals surface area contributed by atoms with Crippen LogP contribution in [0.3, 0.4) is 0 Å². The first-order chi connectivity index (χ1) is 5.97. The third kappa shape index (κ3) is 2.68. The van der Waals surface area contributed by atoms with Gasteiger partial charge in [0.25, 0.3) is 0 Å². The van der Waals surface area contributed by atoms with Crippen LogP contribution in [0.2, 0.25) is 0 Å². The molecule has 2 heteroatoms. The molecule has 1 rings (SSSR count). The monoisotopic (exact) mass is 185 g/mol. The van der Waals surface area contributed by atoms with Crippen molar-refractivity contribution in [2.75, 3.05) is 33.4 Å². The van der Waals surface area contributed by atoms with E-state index >= 15 is 0 Å².